The van der Waals surface area contributed by atoms with Crippen LogP contribution < -0.4 is 15.0 Å². The van der Waals surface area contributed by atoms with Crippen molar-refractivity contribution in [1.29, 1.82) is 0 Å². The maximum absolute atomic E-state index is 11.2. The number of furan rings is 1. The third-order valence-electron chi connectivity index (χ3n) is 5.78. The van der Waals surface area contributed by atoms with E-state index in [-0.39, 0.29) is 17.8 Å². The third-order valence-corrected chi connectivity index (χ3v) is 6.10. The van der Waals surface area contributed by atoms with Gasteiger partial charge in [-0.05, 0) is 67.7 Å². The van der Waals surface area contributed by atoms with Crippen molar-refractivity contribution in [3.8, 4) is 17.1 Å². The molecule has 0 amide bonds. The number of hydrogen-bond acceptors (Lipinski definition) is 6. The van der Waals surface area contributed by atoms with Crippen LogP contribution in [-0.4, -0.2) is 21.6 Å². The van der Waals surface area contributed by atoms with E-state index in [1.54, 1.807) is 18.3 Å². The predicted molar refractivity (Wildman–Crippen MR) is 136 cm³/mol. The molecule has 1 aliphatic rings. The van der Waals surface area contributed by atoms with Crippen molar-refractivity contribution < 1.29 is 14.1 Å². The van der Waals surface area contributed by atoms with Crippen molar-refractivity contribution in [2.45, 2.75) is 19.0 Å². The highest BCUT2D eigenvalue weighted by molar-refractivity contribution is 7.80. The maximum Gasteiger partial charge on any atom is 0.270 e. The second-order valence-electron chi connectivity index (χ2n) is 7.93. The fourth-order valence-corrected chi connectivity index (χ4v) is 4.58. The number of aromatic nitrogens is 1. The number of nitro benzene ring substituents is 1. The van der Waals surface area contributed by atoms with Gasteiger partial charge in [-0.15, -0.1) is 0 Å². The van der Waals surface area contributed by atoms with E-state index in [0.29, 0.717) is 28.8 Å². The van der Waals surface area contributed by atoms with Gasteiger partial charge in [-0.25, -0.2) is 0 Å². The lowest BCUT2D eigenvalue weighted by Gasteiger charge is -2.26. The van der Waals surface area contributed by atoms with E-state index < -0.39 is 4.92 Å². The molecule has 0 spiro atoms. The fourth-order valence-electron chi connectivity index (χ4n) is 4.23. The molecule has 1 N–H and O–H groups in total. The highest BCUT2D eigenvalue weighted by Gasteiger charge is 2.42. The van der Waals surface area contributed by atoms with Crippen molar-refractivity contribution in [1.82, 2.24) is 10.3 Å². The van der Waals surface area contributed by atoms with Crippen LogP contribution in [-0.2, 0) is 0 Å². The third kappa shape index (κ3) is 4.45. The van der Waals surface area contributed by atoms with Gasteiger partial charge < -0.3 is 19.4 Å². The summed E-state index contributed by atoms with van der Waals surface area (Å²) in [5.41, 5.74) is 2.33. The Bertz CT molecular complexity index is 1360. The van der Waals surface area contributed by atoms with Crippen LogP contribution in [0.3, 0.4) is 0 Å². The highest BCUT2D eigenvalue weighted by atomic mass is 32.1. The average Bonchev–Trinajstić information content (AvgIpc) is 3.50. The second-order valence-corrected chi connectivity index (χ2v) is 8.32. The van der Waals surface area contributed by atoms with Gasteiger partial charge in [0.05, 0.1) is 23.3 Å². The largest absolute Gasteiger partial charge is 0.494 e. The number of pyridine rings is 1. The number of anilines is 1. The molecule has 3 heterocycles. The van der Waals surface area contributed by atoms with E-state index in [0.717, 1.165) is 17.1 Å². The van der Waals surface area contributed by atoms with Crippen LogP contribution in [0.4, 0.5) is 11.4 Å². The van der Waals surface area contributed by atoms with Crippen molar-refractivity contribution in [3.63, 3.8) is 0 Å². The lowest BCUT2D eigenvalue weighted by Crippen LogP contribution is -2.29. The molecule has 2 unspecified atom stereocenters. The van der Waals surface area contributed by atoms with Crippen LogP contribution in [0.5, 0.6) is 5.75 Å². The first-order valence-electron chi connectivity index (χ1n) is 11.1. The molecule has 0 bridgehead atoms. The van der Waals surface area contributed by atoms with Gasteiger partial charge in [0.15, 0.2) is 5.11 Å². The summed E-state index contributed by atoms with van der Waals surface area (Å²) in [6.07, 6.45) is 1.74. The normalized spacial score (nSPS) is 17.3. The quantitative estimate of drug-likeness (QED) is 0.198. The lowest BCUT2D eigenvalue weighted by atomic mass is 10.0. The first-order valence-corrected chi connectivity index (χ1v) is 11.5. The van der Waals surface area contributed by atoms with E-state index >= 15 is 0 Å². The highest BCUT2D eigenvalue weighted by Crippen LogP contribution is 2.43. The molecule has 1 fully saturated rings. The molecule has 9 heteroatoms. The number of nitrogens with one attached hydrogen (secondary N) is 1. The number of rotatable bonds is 7. The molecule has 1 saturated heterocycles. The number of hydrogen-bond donors (Lipinski definition) is 1. The average molecular weight is 487 g/mol. The number of nitro groups is 1. The van der Waals surface area contributed by atoms with Gasteiger partial charge in [-0.1, -0.05) is 18.2 Å². The summed E-state index contributed by atoms with van der Waals surface area (Å²) in [6.45, 7) is 2.52. The predicted octanol–water partition coefficient (Wildman–Crippen LogP) is 5.83. The second kappa shape index (κ2) is 9.55. The Balaban J connectivity index is 1.56. The molecular weight excluding hydrogens is 464 g/mol. The first kappa shape index (κ1) is 22.5. The van der Waals surface area contributed by atoms with Gasteiger partial charge in [0, 0.05) is 29.6 Å². The Labute approximate surface area is 207 Å². The summed E-state index contributed by atoms with van der Waals surface area (Å²) < 4.78 is 11.9. The summed E-state index contributed by atoms with van der Waals surface area (Å²) in [6, 6.07) is 23.0. The smallest absolute Gasteiger partial charge is 0.270 e. The van der Waals surface area contributed by atoms with Crippen molar-refractivity contribution >= 4 is 28.7 Å². The molecule has 8 nitrogen and oxygen atoms in total. The van der Waals surface area contributed by atoms with E-state index in [4.69, 9.17) is 21.4 Å². The maximum atomic E-state index is 11.2. The van der Waals surface area contributed by atoms with Crippen molar-refractivity contribution in [2.24, 2.45) is 0 Å². The molecular formula is C26H22N4O4S. The molecule has 0 radical (unpaired) electrons. The van der Waals surface area contributed by atoms with E-state index in [9.17, 15) is 10.1 Å². The molecule has 2 aromatic heterocycles. The summed E-state index contributed by atoms with van der Waals surface area (Å²) in [5.74, 6) is 1.97. The Hall–Kier alpha value is -4.24. The van der Waals surface area contributed by atoms with Gasteiger partial charge >= 0.3 is 0 Å². The molecule has 2 atom stereocenters. The molecule has 4 aromatic rings. The number of ether oxygens (including phenoxy) is 1. The number of benzene rings is 2. The first-order chi connectivity index (χ1) is 17.0. The Morgan fingerprint density at radius 1 is 1.11 bits per heavy atom. The molecule has 1 aliphatic heterocycles. The van der Waals surface area contributed by atoms with E-state index in [1.165, 1.54) is 12.1 Å². The molecule has 0 saturated carbocycles. The summed E-state index contributed by atoms with van der Waals surface area (Å²) >= 11 is 5.75. The molecule has 176 valence electrons. The summed E-state index contributed by atoms with van der Waals surface area (Å²) in [4.78, 5) is 17.4. The minimum Gasteiger partial charge on any atom is -0.494 e. The molecule has 5 rings (SSSR count). The summed E-state index contributed by atoms with van der Waals surface area (Å²) in [5, 5.41) is 15.2. The number of non-ortho nitro benzene ring substituents is 1. The minimum atomic E-state index is -0.419. The van der Waals surface area contributed by atoms with Gasteiger partial charge in [0.1, 0.15) is 23.3 Å². The zero-order valence-electron chi connectivity index (χ0n) is 18.8. The lowest BCUT2D eigenvalue weighted by molar-refractivity contribution is -0.384. The monoisotopic (exact) mass is 486 g/mol. The Morgan fingerprint density at radius 2 is 1.94 bits per heavy atom. The number of thiocarbonyl (C=S) groups is 1. The van der Waals surface area contributed by atoms with Gasteiger partial charge in [-0.3, -0.25) is 15.1 Å². The number of nitrogens with zero attached hydrogens (tertiary/aromatic N) is 3. The molecule has 2 aromatic carbocycles. The van der Waals surface area contributed by atoms with Crippen LogP contribution in [0.15, 0.2) is 89.5 Å². The van der Waals surface area contributed by atoms with Crippen molar-refractivity contribution in [2.75, 3.05) is 11.5 Å². The fraction of sp³-hybridized carbons (Fsp3) is 0.154. The zero-order valence-corrected chi connectivity index (χ0v) is 19.6. The van der Waals surface area contributed by atoms with Crippen molar-refractivity contribution in [3.05, 3.63) is 107 Å². The molecule has 35 heavy (non-hydrogen) atoms. The molecule has 0 aliphatic carbocycles. The minimum absolute atomic E-state index is 0.00605. The van der Waals surface area contributed by atoms with Crippen LogP contribution in [0.1, 0.15) is 30.5 Å². The standard InChI is InChI=1S/C26H22N4O4S/c1-2-33-20-11-9-18(10-12-20)29-25(24(28-26(29)35)21-8-3-4-15-27-21)23-14-13-22(34-23)17-6-5-7-19(16-17)30(31)32/h3-16,24-25H,2H2,1H3,(H,28,35). The Kier molecular flexibility index (Phi) is 6.15. The SMILES string of the molecule is CCOc1ccc(N2C(=S)NC(c3ccccn3)C2c2ccc(-c3cccc([N+](=O)[O-])c3)o2)cc1. The van der Waals surface area contributed by atoms with Gasteiger partial charge in [0.25, 0.3) is 5.69 Å². The van der Waals surface area contributed by atoms with Crippen LogP contribution >= 0.6 is 12.2 Å². The van der Waals surface area contributed by atoms with E-state index in [2.05, 4.69) is 10.3 Å². The van der Waals surface area contributed by atoms with E-state index in [1.807, 2.05) is 66.4 Å². The zero-order chi connectivity index (χ0) is 24.4. The van der Waals surface area contributed by atoms with Crippen LogP contribution in [0.25, 0.3) is 11.3 Å². The summed E-state index contributed by atoms with van der Waals surface area (Å²) in [7, 11) is 0. The van der Waals surface area contributed by atoms with Gasteiger partial charge in [-0.2, -0.15) is 0 Å². The topological polar surface area (TPSA) is 93.7 Å². The Morgan fingerprint density at radius 3 is 2.66 bits per heavy atom. The van der Waals surface area contributed by atoms with Gasteiger partial charge in [0.2, 0.25) is 0 Å². The van der Waals surface area contributed by atoms with Crippen LogP contribution in [0, 0.1) is 10.1 Å². The van der Waals surface area contributed by atoms with Crippen LogP contribution in [0.2, 0.25) is 0 Å².